The Kier molecular flexibility index (Phi) is 2.49. The Balaban J connectivity index is 3.26. The topological polar surface area (TPSA) is 74.6 Å². The number of hydrogen-bond acceptors (Lipinski definition) is 3. The minimum Gasteiger partial charge on any atom is -0.478 e. The molecule has 0 spiro atoms. The van der Waals surface area contributed by atoms with Gasteiger partial charge in [-0.3, -0.25) is 0 Å². The largest absolute Gasteiger partial charge is 0.478 e. The predicted molar refractivity (Wildman–Crippen MR) is 45.9 cm³/mol. The van der Waals surface area contributed by atoms with Gasteiger partial charge in [0.05, 0.1) is 9.35 Å². The van der Waals surface area contributed by atoms with E-state index in [-0.39, 0.29) is 10.4 Å². The Bertz CT molecular complexity index is 312. The summed E-state index contributed by atoms with van der Waals surface area (Å²) in [7, 11) is 0. The lowest BCUT2D eigenvalue weighted by Gasteiger charge is -1.89. The fraction of sp³-hybridized carbons (Fsp3) is 0. The van der Waals surface area contributed by atoms with E-state index in [2.05, 4.69) is 15.9 Å². The number of carboxylic acid groups (broad SMARTS) is 2. The molecule has 0 aliphatic carbocycles. The Hall–Kier alpha value is -0.880. The van der Waals surface area contributed by atoms with Crippen LogP contribution in [0.2, 0.25) is 0 Å². The number of aromatic carboxylic acids is 2. The Morgan fingerprint density at radius 3 is 2.25 bits per heavy atom. The molecule has 1 aromatic heterocycles. The van der Waals surface area contributed by atoms with Crippen molar-refractivity contribution in [1.29, 1.82) is 0 Å². The molecule has 0 radical (unpaired) electrons. The third-order valence-corrected chi connectivity index (χ3v) is 2.75. The van der Waals surface area contributed by atoms with Crippen LogP contribution in [0.3, 0.4) is 0 Å². The zero-order valence-electron chi connectivity index (χ0n) is 5.57. The maximum atomic E-state index is 10.5. The highest BCUT2D eigenvalue weighted by molar-refractivity contribution is 9.11. The maximum absolute atomic E-state index is 10.5. The van der Waals surface area contributed by atoms with Crippen LogP contribution in [0, 0.1) is 0 Å². The molecular formula is C6H3BrO4S. The average molecular weight is 251 g/mol. The van der Waals surface area contributed by atoms with Crippen LogP contribution in [0.1, 0.15) is 20.0 Å². The molecule has 2 N–H and O–H groups in total. The SMILES string of the molecule is O=C(O)c1cc(Br)sc1C(=O)O. The summed E-state index contributed by atoms with van der Waals surface area (Å²) >= 11 is 3.90. The molecule has 6 heteroatoms. The van der Waals surface area contributed by atoms with E-state index >= 15 is 0 Å². The van der Waals surface area contributed by atoms with E-state index in [1.807, 2.05) is 0 Å². The molecule has 0 bridgehead atoms. The van der Waals surface area contributed by atoms with Gasteiger partial charge in [-0.2, -0.15) is 0 Å². The lowest BCUT2D eigenvalue weighted by atomic mass is 10.2. The molecule has 0 saturated heterocycles. The van der Waals surface area contributed by atoms with Gasteiger partial charge >= 0.3 is 11.9 Å². The molecule has 0 unspecified atom stereocenters. The van der Waals surface area contributed by atoms with Gasteiger partial charge < -0.3 is 10.2 Å². The highest BCUT2D eigenvalue weighted by Gasteiger charge is 2.19. The highest BCUT2D eigenvalue weighted by atomic mass is 79.9. The molecule has 0 aromatic carbocycles. The van der Waals surface area contributed by atoms with Crippen LogP contribution in [0.25, 0.3) is 0 Å². The molecular weight excluding hydrogens is 248 g/mol. The average Bonchev–Trinajstić information content (AvgIpc) is 2.31. The number of carboxylic acids is 2. The zero-order valence-corrected chi connectivity index (χ0v) is 7.98. The second kappa shape index (κ2) is 3.24. The monoisotopic (exact) mass is 250 g/mol. The van der Waals surface area contributed by atoms with Crippen molar-refractivity contribution in [3.63, 3.8) is 0 Å². The molecule has 1 rings (SSSR count). The summed E-state index contributed by atoms with van der Waals surface area (Å²) in [6.45, 7) is 0. The molecule has 0 aliphatic rings. The smallest absolute Gasteiger partial charge is 0.346 e. The van der Waals surface area contributed by atoms with Gasteiger partial charge in [-0.25, -0.2) is 9.59 Å². The Morgan fingerprint density at radius 2 is 1.92 bits per heavy atom. The van der Waals surface area contributed by atoms with Crippen molar-refractivity contribution >= 4 is 39.2 Å². The second-order valence-electron chi connectivity index (χ2n) is 1.90. The second-order valence-corrected chi connectivity index (χ2v) is 4.34. The first-order valence-electron chi connectivity index (χ1n) is 2.78. The third-order valence-electron chi connectivity index (χ3n) is 1.13. The summed E-state index contributed by atoms with van der Waals surface area (Å²) in [4.78, 5) is 20.8. The van der Waals surface area contributed by atoms with E-state index in [1.165, 1.54) is 6.07 Å². The van der Waals surface area contributed by atoms with Crippen LogP contribution in [-0.2, 0) is 0 Å². The highest BCUT2D eigenvalue weighted by Crippen LogP contribution is 2.27. The predicted octanol–water partition coefficient (Wildman–Crippen LogP) is 1.91. The number of hydrogen-bond donors (Lipinski definition) is 2. The summed E-state index contributed by atoms with van der Waals surface area (Å²) < 4.78 is 0.498. The third kappa shape index (κ3) is 1.64. The van der Waals surface area contributed by atoms with Gasteiger partial charge in [0.15, 0.2) is 0 Å². The van der Waals surface area contributed by atoms with Gasteiger partial charge in [-0.15, -0.1) is 11.3 Å². The molecule has 64 valence electrons. The van der Waals surface area contributed by atoms with Crippen LogP contribution in [0.15, 0.2) is 9.85 Å². The van der Waals surface area contributed by atoms with Gasteiger partial charge in [-0.1, -0.05) is 0 Å². The van der Waals surface area contributed by atoms with E-state index in [0.29, 0.717) is 3.79 Å². The normalized spacial score (nSPS) is 9.75. The van der Waals surface area contributed by atoms with Crippen LogP contribution >= 0.6 is 27.3 Å². The minimum atomic E-state index is -1.23. The van der Waals surface area contributed by atoms with Crippen LogP contribution in [0.4, 0.5) is 0 Å². The molecule has 12 heavy (non-hydrogen) atoms. The molecule has 0 fully saturated rings. The fourth-order valence-corrected chi connectivity index (χ4v) is 2.11. The van der Waals surface area contributed by atoms with Crippen molar-refractivity contribution in [3.05, 3.63) is 20.3 Å². The number of rotatable bonds is 2. The van der Waals surface area contributed by atoms with Gasteiger partial charge in [0.1, 0.15) is 4.88 Å². The standard InChI is InChI=1S/C6H3BrO4S/c7-3-1-2(5(8)9)4(12-3)6(10)11/h1H,(H,8,9)(H,10,11). The Morgan fingerprint density at radius 1 is 1.33 bits per heavy atom. The van der Waals surface area contributed by atoms with E-state index < -0.39 is 11.9 Å². The summed E-state index contributed by atoms with van der Waals surface area (Å²) in [5.41, 5.74) is -0.181. The summed E-state index contributed by atoms with van der Waals surface area (Å²) in [5, 5.41) is 17.1. The van der Waals surface area contributed by atoms with Gasteiger partial charge in [0, 0.05) is 0 Å². The first-order chi connectivity index (χ1) is 5.52. The summed E-state index contributed by atoms with van der Waals surface area (Å²) in [5.74, 6) is -2.45. The van der Waals surface area contributed by atoms with Crippen molar-refractivity contribution in [2.24, 2.45) is 0 Å². The van der Waals surface area contributed by atoms with E-state index in [1.54, 1.807) is 0 Å². The molecule has 1 heterocycles. The summed E-state index contributed by atoms with van der Waals surface area (Å²) in [6.07, 6.45) is 0. The van der Waals surface area contributed by atoms with E-state index in [0.717, 1.165) is 11.3 Å². The van der Waals surface area contributed by atoms with Crippen molar-refractivity contribution < 1.29 is 19.8 Å². The lowest BCUT2D eigenvalue weighted by Crippen LogP contribution is -2.03. The molecule has 4 nitrogen and oxygen atoms in total. The van der Waals surface area contributed by atoms with Crippen LogP contribution in [-0.4, -0.2) is 22.2 Å². The number of carbonyl (C=O) groups is 2. The fourth-order valence-electron chi connectivity index (χ4n) is 0.679. The van der Waals surface area contributed by atoms with Gasteiger partial charge in [-0.05, 0) is 22.0 Å². The van der Waals surface area contributed by atoms with Crippen LogP contribution in [0.5, 0.6) is 0 Å². The minimum absolute atomic E-state index is 0.158. The molecule has 1 aromatic rings. The van der Waals surface area contributed by atoms with Crippen molar-refractivity contribution in [2.45, 2.75) is 0 Å². The van der Waals surface area contributed by atoms with Crippen molar-refractivity contribution in [3.8, 4) is 0 Å². The maximum Gasteiger partial charge on any atom is 0.346 e. The Labute approximate surface area is 79.6 Å². The number of thiophene rings is 1. The first-order valence-corrected chi connectivity index (χ1v) is 4.39. The van der Waals surface area contributed by atoms with E-state index in [9.17, 15) is 9.59 Å². The summed E-state index contributed by atoms with van der Waals surface area (Å²) in [6, 6.07) is 1.27. The quantitative estimate of drug-likeness (QED) is 0.841. The van der Waals surface area contributed by atoms with Crippen LogP contribution < -0.4 is 0 Å². The first kappa shape index (κ1) is 9.21. The van der Waals surface area contributed by atoms with E-state index in [4.69, 9.17) is 10.2 Å². The zero-order chi connectivity index (χ0) is 9.30. The molecule has 0 saturated carbocycles. The molecule has 0 amide bonds. The van der Waals surface area contributed by atoms with Crippen molar-refractivity contribution in [1.82, 2.24) is 0 Å². The molecule has 0 aliphatic heterocycles. The lowest BCUT2D eigenvalue weighted by molar-refractivity contribution is 0.0656. The van der Waals surface area contributed by atoms with Gasteiger partial charge in [0.25, 0.3) is 0 Å². The van der Waals surface area contributed by atoms with Crippen molar-refractivity contribution in [2.75, 3.05) is 0 Å². The molecule has 0 atom stereocenters. The number of halogens is 1. The van der Waals surface area contributed by atoms with Gasteiger partial charge in [0.2, 0.25) is 0 Å².